The number of fused-ring (bicyclic) bond motifs is 3. The molecule has 0 aromatic rings. The van der Waals surface area contributed by atoms with Gasteiger partial charge in [-0.1, -0.05) is 31.6 Å². The Balaban J connectivity index is 1.96. The maximum Gasteiger partial charge on any atom is 0.133 e. The predicted octanol–water partition coefficient (Wildman–Crippen LogP) is 3.90. The van der Waals surface area contributed by atoms with E-state index >= 15 is 0 Å². The van der Waals surface area contributed by atoms with Crippen molar-refractivity contribution in [2.24, 2.45) is 28.6 Å². The second-order valence-corrected chi connectivity index (χ2v) is 8.03. The lowest BCUT2D eigenvalue weighted by atomic mass is 9.48. The number of carbonyl (C=O) groups excluding carboxylic acids is 1. The highest BCUT2D eigenvalue weighted by Crippen LogP contribution is 2.59. The van der Waals surface area contributed by atoms with Crippen LogP contribution in [0.4, 0.5) is 0 Å². The highest BCUT2D eigenvalue weighted by molar-refractivity contribution is 5.80. The minimum Gasteiger partial charge on any atom is -0.396 e. The van der Waals surface area contributed by atoms with Gasteiger partial charge in [0.15, 0.2) is 0 Å². The molecule has 3 aliphatic rings. The number of carbonyl (C=O) groups is 1. The molecule has 0 aromatic carbocycles. The van der Waals surface area contributed by atoms with Gasteiger partial charge in [-0.2, -0.15) is 0 Å². The third-order valence-corrected chi connectivity index (χ3v) is 6.66. The van der Waals surface area contributed by atoms with Crippen molar-refractivity contribution in [1.82, 2.24) is 0 Å². The van der Waals surface area contributed by atoms with Gasteiger partial charge in [0, 0.05) is 24.9 Å². The summed E-state index contributed by atoms with van der Waals surface area (Å²) in [4.78, 5) is 12.2. The largest absolute Gasteiger partial charge is 0.396 e. The molecule has 0 spiro atoms. The fourth-order valence-corrected chi connectivity index (χ4v) is 5.46. The Morgan fingerprint density at radius 1 is 1.43 bits per heavy atom. The van der Waals surface area contributed by atoms with Crippen LogP contribution in [0.25, 0.3) is 0 Å². The van der Waals surface area contributed by atoms with Gasteiger partial charge in [-0.25, -0.2) is 0 Å². The molecule has 2 nitrogen and oxygen atoms in total. The Kier molecular flexibility index (Phi) is 3.64. The van der Waals surface area contributed by atoms with E-state index < -0.39 is 0 Å². The lowest BCUT2D eigenvalue weighted by Crippen LogP contribution is -2.50. The minimum atomic E-state index is 0.0648. The molecule has 3 aliphatic carbocycles. The summed E-state index contributed by atoms with van der Waals surface area (Å²) < 4.78 is 0. The molecule has 1 N–H and O–H groups in total. The van der Waals surface area contributed by atoms with Gasteiger partial charge < -0.3 is 5.11 Å². The zero-order valence-electron chi connectivity index (χ0n) is 13.4. The summed E-state index contributed by atoms with van der Waals surface area (Å²) in [5.41, 5.74) is 1.74. The summed E-state index contributed by atoms with van der Waals surface area (Å²) in [7, 11) is 0. The van der Waals surface area contributed by atoms with Crippen molar-refractivity contribution >= 4 is 5.78 Å². The van der Waals surface area contributed by atoms with Gasteiger partial charge in [-0.05, 0) is 48.9 Å². The summed E-state index contributed by atoms with van der Waals surface area (Å²) in [6.07, 6.45) is 10.4. The molecule has 0 heterocycles. The molecule has 0 aromatic heterocycles. The van der Waals surface area contributed by atoms with Gasteiger partial charge in [-0.3, -0.25) is 4.79 Å². The smallest absolute Gasteiger partial charge is 0.133 e. The zero-order valence-corrected chi connectivity index (χ0v) is 13.4. The molecule has 0 bridgehead atoms. The van der Waals surface area contributed by atoms with Crippen molar-refractivity contribution in [3.8, 4) is 0 Å². The number of aliphatic hydroxyl groups is 1. The van der Waals surface area contributed by atoms with Crippen LogP contribution in [0.5, 0.6) is 0 Å². The van der Waals surface area contributed by atoms with Crippen LogP contribution < -0.4 is 0 Å². The number of rotatable bonds is 2. The van der Waals surface area contributed by atoms with E-state index in [-0.39, 0.29) is 23.4 Å². The van der Waals surface area contributed by atoms with E-state index in [0.717, 1.165) is 25.7 Å². The van der Waals surface area contributed by atoms with E-state index in [1.807, 2.05) is 0 Å². The fraction of sp³-hybridized carbons (Fsp3) is 0.737. The van der Waals surface area contributed by atoms with Crippen LogP contribution in [0, 0.1) is 28.6 Å². The van der Waals surface area contributed by atoms with E-state index in [1.165, 1.54) is 0 Å². The third-order valence-electron chi connectivity index (χ3n) is 6.66. The maximum atomic E-state index is 12.2. The normalized spacial score (nSPS) is 46.3. The van der Waals surface area contributed by atoms with E-state index in [0.29, 0.717) is 30.5 Å². The van der Waals surface area contributed by atoms with E-state index in [2.05, 4.69) is 32.6 Å². The summed E-state index contributed by atoms with van der Waals surface area (Å²) in [6.45, 7) is 8.74. The maximum absolute atomic E-state index is 12.2. The Labute approximate surface area is 128 Å². The summed E-state index contributed by atoms with van der Waals surface area (Å²) in [5.74, 6) is 1.58. The van der Waals surface area contributed by atoms with Gasteiger partial charge in [0.25, 0.3) is 0 Å². The molecule has 5 atom stereocenters. The summed E-state index contributed by atoms with van der Waals surface area (Å²) in [6, 6.07) is 0. The highest BCUT2D eigenvalue weighted by Gasteiger charge is 2.53. The van der Waals surface area contributed by atoms with Gasteiger partial charge in [0.1, 0.15) is 5.78 Å². The molecule has 0 saturated heterocycles. The first kappa shape index (κ1) is 15.0. The first-order chi connectivity index (χ1) is 9.92. The summed E-state index contributed by atoms with van der Waals surface area (Å²) >= 11 is 0. The van der Waals surface area contributed by atoms with Crippen LogP contribution in [0.15, 0.2) is 24.3 Å². The molecule has 2 fully saturated rings. The van der Waals surface area contributed by atoms with Gasteiger partial charge >= 0.3 is 0 Å². The first-order valence-corrected chi connectivity index (χ1v) is 8.39. The van der Waals surface area contributed by atoms with Crippen molar-refractivity contribution in [3.63, 3.8) is 0 Å². The van der Waals surface area contributed by atoms with Crippen LogP contribution in [0.2, 0.25) is 0 Å². The van der Waals surface area contributed by atoms with E-state index in [4.69, 9.17) is 0 Å². The molecule has 0 radical (unpaired) electrons. The molecular weight excluding hydrogens is 260 g/mol. The molecule has 2 saturated carbocycles. The SMILES string of the molecule is C=CC1(C)C=C2CCC3C(CO)CC(=O)CC3(C)C2CC1. The molecule has 0 amide bonds. The number of aliphatic hydroxyl groups excluding tert-OH is 1. The van der Waals surface area contributed by atoms with Crippen LogP contribution in [-0.4, -0.2) is 17.5 Å². The number of hydrogen-bond donors (Lipinski definition) is 1. The minimum absolute atomic E-state index is 0.0648. The topological polar surface area (TPSA) is 37.3 Å². The Hall–Kier alpha value is -0.890. The number of Topliss-reactive ketones (excluding diaryl/α,β-unsaturated/α-hetero) is 1. The van der Waals surface area contributed by atoms with Gasteiger partial charge in [-0.15, -0.1) is 6.58 Å². The molecule has 2 heteroatoms. The fourth-order valence-electron chi connectivity index (χ4n) is 5.46. The standard InChI is InChI=1S/C19H28O2/c1-4-18(2)8-7-17-13(10-18)5-6-16-14(12-20)9-15(21)11-19(16,17)3/h4,10,14,16-17,20H,1,5-9,11-12H2,2-3H3. The van der Waals surface area contributed by atoms with Crippen molar-refractivity contribution in [1.29, 1.82) is 0 Å². The molecule has 21 heavy (non-hydrogen) atoms. The van der Waals surface area contributed by atoms with Crippen LogP contribution in [0.1, 0.15) is 52.4 Å². The quantitative estimate of drug-likeness (QED) is 0.782. The van der Waals surface area contributed by atoms with Crippen molar-refractivity contribution in [2.75, 3.05) is 6.61 Å². The van der Waals surface area contributed by atoms with Crippen molar-refractivity contribution in [2.45, 2.75) is 52.4 Å². The Bertz CT molecular complexity index is 492. The molecular formula is C19H28O2. The third kappa shape index (κ3) is 2.32. The second-order valence-electron chi connectivity index (χ2n) is 8.03. The van der Waals surface area contributed by atoms with Gasteiger partial charge in [0.2, 0.25) is 0 Å². The zero-order chi connectivity index (χ0) is 15.3. The predicted molar refractivity (Wildman–Crippen MR) is 84.8 cm³/mol. The van der Waals surface area contributed by atoms with Crippen LogP contribution >= 0.6 is 0 Å². The number of allylic oxidation sites excluding steroid dienone is 3. The highest BCUT2D eigenvalue weighted by atomic mass is 16.3. The average Bonchev–Trinajstić information content (AvgIpc) is 2.45. The molecule has 0 aliphatic heterocycles. The molecule has 116 valence electrons. The number of ketones is 1. The Morgan fingerprint density at radius 3 is 2.86 bits per heavy atom. The molecule has 5 unspecified atom stereocenters. The summed E-state index contributed by atoms with van der Waals surface area (Å²) in [5, 5.41) is 9.70. The number of hydrogen-bond acceptors (Lipinski definition) is 2. The van der Waals surface area contributed by atoms with Crippen LogP contribution in [0.3, 0.4) is 0 Å². The van der Waals surface area contributed by atoms with E-state index in [1.54, 1.807) is 5.57 Å². The first-order valence-electron chi connectivity index (χ1n) is 8.39. The lowest BCUT2D eigenvalue weighted by molar-refractivity contribution is -0.134. The van der Waals surface area contributed by atoms with Gasteiger partial charge in [0.05, 0.1) is 0 Å². The van der Waals surface area contributed by atoms with Crippen LogP contribution in [-0.2, 0) is 4.79 Å². The Morgan fingerprint density at radius 2 is 2.19 bits per heavy atom. The van der Waals surface area contributed by atoms with Crippen molar-refractivity contribution < 1.29 is 9.90 Å². The molecule has 3 rings (SSSR count). The van der Waals surface area contributed by atoms with E-state index in [9.17, 15) is 9.90 Å². The second kappa shape index (κ2) is 5.08. The lowest BCUT2D eigenvalue weighted by Gasteiger charge is -2.56. The van der Waals surface area contributed by atoms with Crippen molar-refractivity contribution in [3.05, 3.63) is 24.3 Å². The monoisotopic (exact) mass is 288 g/mol. The average molecular weight is 288 g/mol.